The third-order valence-electron chi connectivity index (χ3n) is 6.77. The van der Waals surface area contributed by atoms with Gasteiger partial charge >= 0.3 is 0 Å². The number of carbonyl (C=O) groups is 2. The predicted octanol–water partition coefficient (Wildman–Crippen LogP) is 5.56. The Hall–Kier alpha value is -3.45. The Labute approximate surface area is 218 Å². The maximum Gasteiger partial charge on any atom is 0.270 e. The normalized spacial score (nSPS) is 18.2. The van der Waals surface area contributed by atoms with E-state index in [2.05, 4.69) is 44.0 Å². The minimum atomic E-state index is -0.521. The molecular formula is C29H33N3O3S. The second-order valence-electron chi connectivity index (χ2n) is 9.99. The quantitative estimate of drug-likeness (QED) is 0.329. The van der Waals surface area contributed by atoms with Gasteiger partial charge < -0.3 is 9.64 Å². The van der Waals surface area contributed by atoms with Crippen LogP contribution in [0.15, 0.2) is 42.0 Å². The van der Waals surface area contributed by atoms with Gasteiger partial charge in [0.2, 0.25) is 0 Å². The number of amides is 2. The lowest BCUT2D eigenvalue weighted by Crippen LogP contribution is -2.54. The van der Waals surface area contributed by atoms with E-state index in [0.717, 1.165) is 40.9 Å². The number of aryl methyl sites for hydroxylation is 2. The molecule has 2 amide bonds. The number of ether oxygens (including phenoxy) is 1. The van der Waals surface area contributed by atoms with Crippen LogP contribution in [-0.2, 0) is 9.59 Å². The number of benzene rings is 2. The highest BCUT2D eigenvalue weighted by molar-refractivity contribution is 7.80. The van der Waals surface area contributed by atoms with Crippen molar-refractivity contribution < 1.29 is 14.3 Å². The van der Waals surface area contributed by atoms with Crippen LogP contribution in [0.1, 0.15) is 56.4 Å². The van der Waals surface area contributed by atoms with Gasteiger partial charge in [-0.3, -0.25) is 19.8 Å². The molecule has 2 aliphatic rings. The molecule has 0 unspecified atom stereocenters. The van der Waals surface area contributed by atoms with Gasteiger partial charge in [0.1, 0.15) is 11.3 Å². The number of hydrogen-bond donors (Lipinski definition) is 1. The molecule has 1 saturated heterocycles. The molecule has 0 aromatic heterocycles. The molecule has 2 aromatic rings. The van der Waals surface area contributed by atoms with Gasteiger partial charge in [0, 0.05) is 29.4 Å². The zero-order valence-corrected chi connectivity index (χ0v) is 22.8. The largest absolute Gasteiger partial charge is 0.496 e. The number of allylic oxidation sites excluding steroid dienone is 1. The molecule has 6 nitrogen and oxygen atoms in total. The third kappa shape index (κ3) is 4.44. The number of nitrogens with zero attached hydrogens (tertiary/aromatic N) is 2. The van der Waals surface area contributed by atoms with E-state index >= 15 is 0 Å². The molecule has 188 valence electrons. The summed E-state index contributed by atoms with van der Waals surface area (Å²) >= 11 is 5.38. The average molecular weight is 504 g/mol. The van der Waals surface area contributed by atoms with Gasteiger partial charge in [-0.15, -0.1) is 0 Å². The Morgan fingerprint density at radius 3 is 2.44 bits per heavy atom. The summed E-state index contributed by atoms with van der Waals surface area (Å²) in [6.07, 6.45) is 4.87. The van der Waals surface area contributed by atoms with Gasteiger partial charge in [0.05, 0.1) is 18.3 Å². The molecule has 7 heteroatoms. The fourth-order valence-electron chi connectivity index (χ4n) is 5.13. The van der Waals surface area contributed by atoms with Crippen molar-refractivity contribution in [2.45, 2.75) is 53.5 Å². The molecule has 4 rings (SSSR count). The average Bonchev–Trinajstić information content (AvgIpc) is 2.80. The SMILES string of the molecule is CCCN1c2cc(OC)c(/C=C3/C(=O)NC(=S)N(c4ccc(C)cc4C)C3=O)cc2C(C)=CC1(C)C. The molecule has 1 fully saturated rings. The summed E-state index contributed by atoms with van der Waals surface area (Å²) in [5.41, 5.74) is 6.42. The van der Waals surface area contributed by atoms with Crippen LogP contribution in [0, 0.1) is 13.8 Å². The Bertz CT molecular complexity index is 1340. The molecule has 0 bridgehead atoms. The second-order valence-corrected chi connectivity index (χ2v) is 10.4. The van der Waals surface area contributed by atoms with E-state index in [9.17, 15) is 9.59 Å². The number of hydrogen-bond acceptors (Lipinski definition) is 5. The van der Waals surface area contributed by atoms with E-state index in [4.69, 9.17) is 17.0 Å². The molecule has 0 atom stereocenters. The van der Waals surface area contributed by atoms with Gasteiger partial charge in [0.25, 0.3) is 11.8 Å². The van der Waals surface area contributed by atoms with Crippen molar-refractivity contribution in [2.24, 2.45) is 0 Å². The fourth-order valence-corrected chi connectivity index (χ4v) is 5.40. The number of carbonyl (C=O) groups excluding carboxylic acids is 2. The summed E-state index contributed by atoms with van der Waals surface area (Å²) in [6, 6.07) is 9.76. The number of methoxy groups -OCH3 is 1. The molecule has 1 N–H and O–H groups in total. The summed E-state index contributed by atoms with van der Waals surface area (Å²) in [6.45, 7) is 13.5. The van der Waals surface area contributed by atoms with Crippen molar-refractivity contribution in [1.82, 2.24) is 5.32 Å². The van der Waals surface area contributed by atoms with Gasteiger partial charge in [-0.05, 0) is 82.6 Å². The first kappa shape index (κ1) is 25.6. The molecule has 0 aliphatic carbocycles. The second kappa shape index (κ2) is 9.54. The highest BCUT2D eigenvalue weighted by atomic mass is 32.1. The van der Waals surface area contributed by atoms with Crippen molar-refractivity contribution in [3.63, 3.8) is 0 Å². The van der Waals surface area contributed by atoms with Crippen LogP contribution < -0.4 is 19.9 Å². The third-order valence-corrected chi connectivity index (χ3v) is 7.06. The van der Waals surface area contributed by atoms with E-state index in [1.807, 2.05) is 44.2 Å². The summed E-state index contributed by atoms with van der Waals surface area (Å²) in [7, 11) is 1.60. The molecule has 0 saturated carbocycles. The van der Waals surface area contributed by atoms with Crippen molar-refractivity contribution in [3.8, 4) is 5.75 Å². The highest BCUT2D eigenvalue weighted by Gasteiger charge is 2.36. The van der Waals surface area contributed by atoms with Crippen molar-refractivity contribution in [2.75, 3.05) is 23.5 Å². The Morgan fingerprint density at radius 2 is 1.81 bits per heavy atom. The van der Waals surface area contributed by atoms with Crippen LogP contribution in [0.25, 0.3) is 11.6 Å². The molecule has 2 aliphatic heterocycles. The zero-order valence-electron chi connectivity index (χ0n) is 22.0. The Balaban J connectivity index is 1.83. The van der Waals surface area contributed by atoms with Gasteiger partial charge in [-0.2, -0.15) is 0 Å². The van der Waals surface area contributed by atoms with Crippen molar-refractivity contribution >= 4 is 52.2 Å². The summed E-state index contributed by atoms with van der Waals surface area (Å²) in [5, 5.41) is 2.75. The standard InChI is InChI=1S/C29H33N3O3S/c1-8-11-31-24-15-25(35-7)20(13-21(24)19(4)16-29(31,5)6)14-22-26(33)30-28(36)32(27(22)34)23-10-9-17(2)12-18(23)3/h9-10,12-16H,8,11H2,1-7H3,(H,30,33,36)/b22-14-. The van der Waals surface area contributed by atoms with E-state index in [-0.39, 0.29) is 16.2 Å². The number of rotatable bonds is 5. The lowest BCUT2D eigenvalue weighted by molar-refractivity contribution is -0.122. The summed E-state index contributed by atoms with van der Waals surface area (Å²) in [4.78, 5) is 30.3. The van der Waals surface area contributed by atoms with E-state index in [1.165, 1.54) is 4.90 Å². The van der Waals surface area contributed by atoms with Crippen LogP contribution in [0.2, 0.25) is 0 Å². The van der Waals surface area contributed by atoms with E-state index < -0.39 is 11.8 Å². The first-order valence-corrected chi connectivity index (χ1v) is 12.6. The molecule has 2 aromatic carbocycles. The minimum Gasteiger partial charge on any atom is -0.496 e. The number of thiocarbonyl (C=S) groups is 1. The van der Waals surface area contributed by atoms with Crippen LogP contribution in [0.5, 0.6) is 5.75 Å². The Kier molecular flexibility index (Phi) is 6.80. The van der Waals surface area contributed by atoms with Crippen LogP contribution >= 0.6 is 12.2 Å². The van der Waals surface area contributed by atoms with Crippen LogP contribution in [0.4, 0.5) is 11.4 Å². The molecule has 36 heavy (non-hydrogen) atoms. The maximum absolute atomic E-state index is 13.6. The summed E-state index contributed by atoms with van der Waals surface area (Å²) in [5.74, 6) is -0.386. The lowest BCUT2D eigenvalue weighted by atomic mass is 9.87. The van der Waals surface area contributed by atoms with Crippen molar-refractivity contribution in [1.29, 1.82) is 0 Å². The van der Waals surface area contributed by atoms with Crippen LogP contribution in [0.3, 0.4) is 0 Å². The van der Waals surface area contributed by atoms with Gasteiger partial charge in [-0.25, -0.2) is 0 Å². The van der Waals surface area contributed by atoms with E-state index in [1.54, 1.807) is 13.2 Å². The number of nitrogens with one attached hydrogen (secondary N) is 1. The number of anilines is 2. The van der Waals surface area contributed by atoms with Crippen LogP contribution in [-0.4, -0.2) is 36.1 Å². The Morgan fingerprint density at radius 1 is 1.08 bits per heavy atom. The lowest BCUT2D eigenvalue weighted by Gasteiger charge is -2.43. The van der Waals surface area contributed by atoms with Gasteiger partial charge in [-0.1, -0.05) is 30.7 Å². The predicted molar refractivity (Wildman–Crippen MR) is 150 cm³/mol. The molecular weight excluding hydrogens is 470 g/mol. The minimum absolute atomic E-state index is 0.00464. The molecule has 0 spiro atoms. The van der Waals surface area contributed by atoms with Crippen molar-refractivity contribution in [3.05, 3.63) is 64.2 Å². The van der Waals surface area contributed by atoms with Gasteiger partial charge in [0.15, 0.2) is 5.11 Å². The molecule has 0 radical (unpaired) electrons. The first-order valence-electron chi connectivity index (χ1n) is 12.2. The highest BCUT2D eigenvalue weighted by Crippen LogP contribution is 2.43. The van der Waals surface area contributed by atoms with E-state index in [0.29, 0.717) is 17.0 Å². The summed E-state index contributed by atoms with van der Waals surface area (Å²) < 4.78 is 5.75. The smallest absolute Gasteiger partial charge is 0.270 e. The monoisotopic (exact) mass is 503 g/mol. The topological polar surface area (TPSA) is 61.9 Å². The first-order chi connectivity index (χ1) is 17.0. The zero-order chi connectivity index (χ0) is 26.4. The number of fused-ring (bicyclic) bond motifs is 1. The fraction of sp³-hybridized carbons (Fsp3) is 0.345. The molecule has 2 heterocycles. The maximum atomic E-state index is 13.6.